The minimum Gasteiger partial charge on any atom is -0.494 e. The molecular formula is C22H26N2O5. The summed E-state index contributed by atoms with van der Waals surface area (Å²) < 4.78 is 5.37. The Morgan fingerprint density at radius 3 is 2.14 bits per heavy atom. The maximum atomic E-state index is 12.7. The Labute approximate surface area is 170 Å². The van der Waals surface area contributed by atoms with Crippen molar-refractivity contribution in [1.82, 2.24) is 5.32 Å². The number of hydrogen-bond acceptors (Lipinski definition) is 4. The van der Waals surface area contributed by atoms with Crippen LogP contribution in [0.1, 0.15) is 36.7 Å². The first-order valence-corrected chi connectivity index (χ1v) is 9.45. The van der Waals surface area contributed by atoms with E-state index in [1.165, 1.54) is 0 Å². The average Bonchev–Trinajstić information content (AvgIpc) is 2.67. The van der Waals surface area contributed by atoms with E-state index in [4.69, 9.17) is 9.84 Å². The number of amides is 2. The van der Waals surface area contributed by atoms with E-state index in [-0.39, 0.29) is 24.2 Å². The predicted molar refractivity (Wildman–Crippen MR) is 110 cm³/mol. The molecule has 0 aliphatic heterocycles. The molecule has 0 aliphatic carbocycles. The van der Waals surface area contributed by atoms with Crippen molar-refractivity contribution in [2.75, 3.05) is 11.9 Å². The summed E-state index contributed by atoms with van der Waals surface area (Å²) in [7, 11) is 0. The number of aliphatic carboxylic acids is 1. The van der Waals surface area contributed by atoms with Crippen molar-refractivity contribution in [2.45, 2.75) is 33.2 Å². The van der Waals surface area contributed by atoms with Gasteiger partial charge in [-0.3, -0.25) is 14.4 Å². The van der Waals surface area contributed by atoms with Crippen LogP contribution in [0, 0.1) is 5.92 Å². The zero-order chi connectivity index (χ0) is 21.4. The van der Waals surface area contributed by atoms with Crippen molar-refractivity contribution in [3.05, 3.63) is 59.7 Å². The minimum atomic E-state index is -0.918. The Balaban J connectivity index is 2.03. The van der Waals surface area contributed by atoms with Crippen LogP contribution in [-0.2, 0) is 16.0 Å². The summed E-state index contributed by atoms with van der Waals surface area (Å²) in [5, 5.41) is 14.4. The fourth-order valence-electron chi connectivity index (χ4n) is 2.73. The number of carbonyl (C=O) groups is 3. The molecule has 2 amide bonds. The standard InChI is InChI=1S/C22H26N2O5/c1-4-29-18-11-7-16(8-12-18)21(27)24-20(14(2)3)22(28)23-17-9-5-15(6-10-17)13-19(25)26/h5-12,14,20H,4,13H2,1-3H3,(H,23,28)(H,24,27)(H,25,26). The van der Waals surface area contributed by atoms with E-state index in [1.807, 2.05) is 20.8 Å². The van der Waals surface area contributed by atoms with Crippen molar-refractivity contribution in [3.63, 3.8) is 0 Å². The fourth-order valence-corrected chi connectivity index (χ4v) is 2.73. The first kappa shape index (κ1) is 21.9. The van der Waals surface area contributed by atoms with Gasteiger partial charge in [-0.15, -0.1) is 0 Å². The number of carboxylic acid groups (broad SMARTS) is 1. The van der Waals surface area contributed by atoms with E-state index in [0.29, 0.717) is 29.2 Å². The molecule has 154 valence electrons. The second kappa shape index (κ2) is 10.3. The van der Waals surface area contributed by atoms with Crippen LogP contribution in [-0.4, -0.2) is 35.5 Å². The quantitative estimate of drug-likeness (QED) is 0.602. The SMILES string of the molecule is CCOc1ccc(C(=O)NC(C(=O)Nc2ccc(CC(=O)O)cc2)C(C)C)cc1. The highest BCUT2D eigenvalue weighted by molar-refractivity contribution is 6.01. The molecule has 7 heteroatoms. The number of carboxylic acids is 1. The Morgan fingerprint density at radius 1 is 1.00 bits per heavy atom. The molecule has 3 N–H and O–H groups in total. The summed E-state index contributed by atoms with van der Waals surface area (Å²) in [5.41, 5.74) is 1.61. The molecule has 0 fully saturated rings. The lowest BCUT2D eigenvalue weighted by Crippen LogP contribution is -2.47. The van der Waals surface area contributed by atoms with Gasteiger partial charge < -0.3 is 20.5 Å². The lowest BCUT2D eigenvalue weighted by Gasteiger charge is -2.22. The number of nitrogens with one attached hydrogen (secondary N) is 2. The van der Waals surface area contributed by atoms with Crippen molar-refractivity contribution < 1.29 is 24.2 Å². The molecule has 0 aromatic heterocycles. The van der Waals surface area contributed by atoms with Gasteiger partial charge >= 0.3 is 5.97 Å². The molecular weight excluding hydrogens is 372 g/mol. The number of ether oxygens (including phenoxy) is 1. The van der Waals surface area contributed by atoms with Crippen molar-refractivity contribution in [1.29, 1.82) is 0 Å². The lowest BCUT2D eigenvalue weighted by atomic mass is 10.0. The summed E-state index contributed by atoms with van der Waals surface area (Å²) in [6.07, 6.45) is -0.0824. The molecule has 1 unspecified atom stereocenters. The predicted octanol–water partition coefficient (Wildman–Crippen LogP) is 3.11. The summed E-state index contributed by atoms with van der Waals surface area (Å²) >= 11 is 0. The second-order valence-corrected chi connectivity index (χ2v) is 6.91. The lowest BCUT2D eigenvalue weighted by molar-refractivity contribution is -0.136. The van der Waals surface area contributed by atoms with E-state index < -0.39 is 12.0 Å². The van der Waals surface area contributed by atoms with Gasteiger partial charge in [-0.2, -0.15) is 0 Å². The van der Waals surface area contributed by atoms with Gasteiger partial charge in [0, 0.05) is 11.3 Å². The van der Waals surface area contributed by atoms with Gasteiger partial charge in [-0.25, -0.2) is 0 Å². The van der Waals surface area contributed by atoms with Crippen molar-refractivity contribution >= 4 is 23.5 Å². The Kier molecular flexibility index (Phi) is 7.77. The normalized spacial score (nSPS) is 11.6. The van der Waals surface area contributed by atoms with E-state index in [9.17, 15) is 14.4 Å². The number of hydrogen-bond donors (Lipinski definition) is 3. The van der Waals surface area contributed by atoms with Gasteiger partial charge in [0.05, 0.1) is 13.0 Å². The fraction of sp³-hybridized carbons (Fsp3) is 0.318. The van der Waals surface area contributed by atoms with Crippen LogP contribution >= 0.6 is 0 Å². The van der Waals surface area contributed by atoms with E-state index >= 15 is 0 Å². The monoisotopic (exact) mass is 398 g/mol. The molecule has 7 nitrogen and oxygen atoms in total. The third-order valence-corrected chi connectivity index (χ3v) is 4.24. The smallest absolute Gasteiger partial charge is 0.307 e. The van der Waals surface area contributed by atoms with Gasteiger partial charge in [0.25, 0.3) is 5.91 Å². The Hall–Kier alpha value is -3.35. The maximum Gasteiger partial charge on any atom is 0.307 e. The third kappa shape index (κ3) is 6.64. The first-order valence-electron chi connectivity index (χ1n) is 9.45. The van der Waals surface area contributed by atoms with Crippen molar-refractivity contribution in [3.8, 4) is 5.75 Å². The molecule has 0 bridgehead atoms. The molecule has 2 aromatic rings. The van der Waals surface area contributed by atoms with Gasteiger partial charge in [-0.1, -0.05) is 26.0 Å². The van der Waals surface area contributed by atoms with E-state index in [2.05, 4.69) is 10.6 Å². The highest BCUT2D eigenvalue weighted by Gasteiger charge is 2.25. The molecule has 0 saturated heterocycles. The minimum absolute atomic E-state index is 0.0824. The van der Waals surface area contributed by atoms with Crippen LogP contribution in [0.4, 0.5) is 5.69 Å². The summed E-state index contributed by atoms with van der Waals surface area (Å²) in [5.74, 6) is -1.07. The summed E-state index contributed by atoms with van der Waals surface area (Å²) in [6, 6.07) is 12.6. The van der Waals surface area contributed by atoms with Crippen molar-refractivity contribution in [2.24, 2.45) is 5.92 Å². The van der Waals surface area contributed by atoms with Gasteiger partial charge in [-0.05, 0) is 54.8 Å². The Morgan fingerprint density at radius 2 is 1.62 bits per heavy atom. The van der Waals surface area contributed by atoms with Gasteiger partial charge in [0.15, 0.2) is 0 Å². The highest BCUT2D eigenvalue weighted by atomic mass is 16.5. The Bertz CT molecular complexity index is 845. The van der Waals surface area contributed by atoms with Crippen LogP contribution in [0.3, 0.4) is 0 Å². The molecule has 29 heavy (non-hydrogen) atoms. The average molecular weight is 398 g/mol. The number of anilines is 1. The highest BCUT2D eigenvalue weighted by Crippen LogP contribution is 2.15. The molecule has 2 aromatic carbocycles. The molecule has 0 saturated carbocycles. The largest absolute Gasteiger partial charge is 0.494 e. The van der Waals surface area contributed by atoms with Crippen LogP contribution in [0.15, 0.2) is 48.5 Å². The zero-order valence-electron chi connectivity index (χ0n) is 16.8. The topological polar surface area (TPSA) is 105 Å². The van der Waals surface area contributed by atoms with Crippen LogP contribution in [0.25, 0.3) is 0 Å². The molecule has 2 rings (SSSR count). The van der Waals surface area contributed by atoms with Crippen LogP contribution in [0.5, 0.6) is 5.75 Å². The van der Waals surface area contributed by atoms with E-state index in [1.54, 1.807) is 48.5 Å². The summed E-state index contributed by atoms with van der Waals surface area (Å²) in [4.78, 5) is 36.0. The van der Waals surface area contributed by atoms with Crippen LogP contribution < -0.4 is 15.4 Å². The molecule has 0 heterocycles. The molecule has 0 radical (unpaired) electrons. The second-order valence-electron chi connectivity index (χ2n) is 6.91. The van der Waals surface area contributed by atoms with Gasteiger partial charge in [0.2, 0.25) is 5.91 Å². The number of rotatable bonds is 9. The van der Waals surface area contributed by atoms with Crippen LogP contribution in [0.2, 0.25) is 0 Å². The third-order valence-electron chi connectivity index (χ3n) is 4.24. The molecule has 0 aliphatic rings. The van der Waals surface area contributed by atoms with Gasteiger partial charge in [0.1, 0.15) is 11.8 Å². The van der Waals surface area contributed by atoms with E-state index in [0.717, 1.165) is 0 Å². The first-order chi connectivity index (χ1) is 13.8. The molecule has 1 atom stereocenters. The zero-order valence-corrected chi connectivity index (χ0v) is 16.8. The maximum absolute atomic E-state index is 12.7. The number of benzene rings is 2. The molecule has 0 spiro atoms. The number of carbonyl (C=O) groups excluding carboxylic acids is 2. The summed E-state index contributed by atoms with van der Waals surface area (Å²) in [6.45, 7) is 6.11.